The number of ether oxygens (including phenoxy) is 1. The normalized spacial score (nSPS) is 16.6. The average molecular weight is 282 g/mol. The number of hydrogen-bond donors (Lipinski definition) is 0. The fraction of sp³-hybridized carbons (Fsp3) is 0.643. The number of thiophene rings is 1. The summed E-state index contributed by atoms with van der Waals surface area (Å²) >= 11 is 1.81. The van der Waals surface area contributed by atoms with Gasteiger partial charge in [-0.15, -0.1) is 11.3 Å². The number of hydrogen-bond acceptors (Lipinski definition) is 4. The van der Waals surface area contributed by atoms with Crippen molar-refractivity contribution in [3.05, 3.63) is 17.0 Å². The monoisotopic (exact) mass is 282 g/mol. The Kier molecular flexibility index (Phi) is 4.04. The maximum absolute atomic E-state index is 11.9. The third-order valence-corrected chi connectivity index (χ3v) is 4.03. The van der Waals surface area contributed by atoms with E-state index in [1.54, 1.807) is 16.2 Å². The molecule has 1 saturated heterocycles. The maximum Gasteiger partial charge on any atom is 0.410 e. The van der Waals surface area contributed by atoms with Gasteiger partial charge in [0.05, 0.1) is 5.00 Å². The molecule has 1 fully saturated rings. The van der Waals surface area contributed by atoms with Gasteiger partial charge in [-0.2, -0.15) is 0 Å². The Balaban J connectivity index is 1.87. The minimum Gasteiger partial charge on any atom is -0.444 e. The lowest BCUT2D eigenvalue weighted by atomic mass is 10.2. The minimum absolute atomic E-state index is 0.200. The average Bonchev–Trinajstić information content (AvgIpc) is 2.74. The lowest BCUT2D eigenvalue weighted by molar-refractivity contribution is 0.0241. The lowest BCUT2D eigenvalue weighted by Gasteiger charge is -2.36. The first-order valence-electron chi connectivity index (χ1n) is 6.64. The van der Waals surface area contributed by atoms with Crippen molar-refractivity contribution < 1.29 is 9.53 Å². The highest BCUT2D eigenvalue weighted by Gasteiger charge is 2.26. The molecule has 2 rings (SSSR count). The zero-order chi connectivity index (χ0) is 14.0. The number of rotatable bonds is 1. The Labute approximate surface area is 119 Å². The van der Waals surface area contributed by atoms with Crippen LogP contribution in [0.1, 0.15) is 25.6 Å². The Bertz CT molecular complexity index is 443. The second-order valence-corrected chi connectivity index (χ2v) is 7.11. The van der Waals surface area contributed by atoms with Crippen LogP contribution in [0.5, 0.6) is 0 Å². The summed E-state index contributed by atoms with van der Waals surface area (Å²) in [7, 11) is 0. The first kappa shape index (κ1) is 14.2. The molecule has 0 aliphatic carbocycles. The van der Waals surface area contributed by atoms with E-state index in [1.165, 1.54) is 9.88 Å². The number of carbonyl (C=O) groups is 1. The van der Waals surface area contributed by atoms with E-state index in [1.807, 2.05) is 20.8 Å². The summed E-state index contributed by atoms with van der Waals surface area (Å²) in [5, 5.41) is 1.29. The number of amides is 1. The number of piperazine rings is 1. The Morgan fingerprint density at radius 1 is 1.21 bits per heavy atom. The number of anilines is 1. The summed E-state index contributed by atoms with van der Waals surface area (Å²) in [5.74, 6) is 0. The van der Waals surface area contributed by atoms with Gasteiger partial charge in [-0.05, 0) is 39.8 Å². The minimum atomic E-state index is -0.418. The van der Waals surface area contributed by atoms with E-state index in [9.17, 15) is 4.79 Å². The van der Waals surface area contributed by atoms with Gasteiger partial charge in [0, 0.05) is 31.1 Å². The molecule has 0 radical (unpaired) electrons. The van der Waals surface area contributed by atoms with Crippen molar-refractivity contribution in [2.24, 2.45) is 0 Å². The highest BCUT2D eigenvalue weighted by Crippen LogP contribution is 2.26. The van der Waals surface area contributed by atoms with E-state index >= 15 is 0 Å². The van der Waals surface area contributed by atoms with Crippen LogP contribution in [-0.2, 0) is 4.74 Å². The molecule has 2 heterocycles. The maximum atomic E-state index is 11.9. The van der Waals surface area contributed by atoms with Crippen LogP contribution in [0.25, 0.3) is 0 Å². The molecule has 4 nitrogen and oxygen atoms in total. The van der Waals surface area contributed by atoms with Crippen LogP contribution in [0.3, 0.4) is 0 Å². The fourth-order valence-electron chi connectivity index (χ4n) is 2.03. The fourth-order valence-corrected chi connectivity index (χ4v) is 2.94. The van der Waals surface area contributed by atoms with Crippen molar-refractivity contribution >= 4 is 22.4 Å². The molecule has 5 heteroatoms. The van der Waals surface area contributed by atoms with E-state index in [-0.39, 0.29) is 6.09 Å². The Hall–Kier alpha value is -1.23. The summed E-state index contributed by atoms with van der Waals surface area (Å²) in [6.07, 6.45) is -0.200. The topological polar surface area (TPSA) is 32.8 Å². The summed E-state index contributed by atoms with van der Waals surface area (Å²) in [4.78, 5) is 17.4. The molecule has 0 atom stereocenters. The largest absolute Gasteiger partial charge is 0.444 e. The standard InChI is InChI=1S/C14H22N2O2S/c1-11-5-6-12(19-11)15-7-9-16(10-8-15)13(17)18-14(2,3)4/h5-6H,7-10H2,1-4H3. The van der Waals surface area contributed by atoms with Gasteiger partial charge < -0.3 is 14.5 Å². The zero-order valence-corrected chi connectivity index (χ0v) is 12.9. The second-order valence-electron chi connectivity index (χ2n) is 5.84. The molecule has 0 spiro atoms. The highest BCUT2D eigenvalue weighted by atomic mass is 32.1. The van der Waals surface area contributed by atoms with E-state index < -0.39 is 5.60 Å². The van der Waals surface area contributed by atoms with Gasteiger partial charge in [-0.25, -0.2) is 4.79 Å². The Morgan fingerprint density at radius 3 is 2.32 bits per heavy atom. The molecular weight excluding hydrogens is 260 g/mol. The van der Waals surface area contributed by atoms with Crippen molar-refractivity contribution in [3.8, 4) is 0 Å². The van der Waals surface area contributed by atoms with Crippen LogP contribution >= 0.6 is 11.3 Å². The van der Waals surface area contributed by atoms with E-state index in [0.29, 0.717) is 0 Å². The van der Waals surface area contributed by atoms with Crippen LogP contribution in [0.4, 0.5) is 9.80 Å². The molecule has 1 aliphatic rings. The van der Waals surface area contributed by atoms with Crippen LogP contribution in [-0.4, -0.2) is 42.8 Å². The smallest absolute Gasteiger partial charge is 0.410 e. The molecule has 0 N–H and O–H groups in total. The van der Waals surface area contributed by atoms with E-state index in [0.717, 1.165) is 26.2 Å². The van der Waals surface area contributed by atoms with E-state index in [4.69, 9.17) is 4.74 Å². The Morgan fingerprint density at radius 2 is 1.84 bits per heavy atom. The molecule has 0 unspecified atom stereocenters. The van der Waals surface area contributed by atoms with Gasteiger partial charge >= 0.3 is 6.09 Å². The SMILES string of the molecule is Cc1ccc(N2CCN(C(=O)OC(C)(C)C)CC2)s1. The van der Waals surface area contributed by atoms with E-state index in [2.05, 4.69) is 24.0 Å². The zero-order valence-electron chi connectivity index (χ0n) is 12.1. The van der Waals surface area contributed by atoms with Gasteiger partial charge in [-0.1, -0.05) is 0 Å². The van der Waals surface area contributed by atoms with Gasteiger partial charge in [0.1, 0.15) is 5.60 Å². The molecule has 106 valence electrons. The quantitative estimate of drug-likeness (QED) is 0.793. The van der Waals surface area contributed by atoms with Crippen LogP contribution in [0.2, 0.25) is 0 Å². The van der Waals surface area contributed by atoms with Crippen LogP contribution in [0, 0.1) is 6.92 Å². The number of carbonyl (C=O) groups excluding carboxylic acids is 1. The van der Waals surface area contributed by atoms with Crippen LogP contribution in [0.15, 0.2) is 12.1 Å². The highest BCUT2D eigenvalue weighted by molar-refractivity contribution is 7.16. The number of nitrogens with zero attached hydrogens (tertiary/aromatic N) is 2. The van der Waals surface area contributed by atoms with Crippen molar-refractivity contribution in [2.75, 3.05) is 31.1 Å². The second kappa shape index (κ2) is 5.41. The van der Waals surface area contributed by atoms with Crippen molar-refractivity contribution in [1.29, 1.82) is 0 Å². The molecule has 0 bridgehead atoms. The molecule has 19 heavy (non-hydrogen) atoms. The first-order chi connectivity index (χ1) is 8.85. The predicted molar refractivity (Wildman–Crippen MR) is 79.1 cm³/mol. The van der Waals surface area contributed by atoms with Crippen LogP contribution < -0.4 is 4.90 Å². The third kappa shape index (κ3) is 3.86. The third-order valence-electron chi connectivity index (χ3n) is 2.97. The molecule has 1 amide bonds. The van der Waals surface area contributed by atoms with Gasteiger partial charge in [0.25, 0.3) is 0 Å². The van der Waals surface area contributed by atoms with Gasteiger partial charge in [-0.3, -0.25) is 0 Å². The van der Waals surface area contributed by atoms with Gasteiger partial charge in [0.15, 0.2) is 0 Å². The molecular formula is C14H22N2O2S. The van der Waals surface area contributed by atoms with Crippen molar-refractivity contribution in [2.45, 2.75) is 33.3 Å². The lowest BCUT2D eigenvalue weighted by Crippen LogP contribution is -2.49. The molecule has 1 aliphatic heterocycles. The summed E-state index contributed by atoms with van der Waals surface area (Å²) in [5.41, 5.74) is -0.418. The first-order valence-corrected chi connectivity index (χ1v) is 7.46. The van der Waals surface area contributed by atoms with Crippen molar-refractivity contribution in [3.63, 3.8) is 0 Å². The van der Waals surface area contributed by atoms with Gasteiger partial charge in [0.2, 0.25) is 0 Å². The summed E-state index contributed by atoms with van der Waals surface area (Å²) in [6, 6.07) is 4.30. The molecule has 0 aromatic carbocycles. The number of aryl methyl sites for hydroxylation is 1. The summed E-state index contributed by atoms with van der Waals surface area (Å²) in [6.45, 7) is 11.0. The van der Waals surface area contributed by atoms with Crippen molar-refractivity contribution in [1.82, 2.24) is 4.90 Å². The molecule has 1 aromatic rings. The molecule has 1 aromatic heterocycles. The summed E-state index contributed by atoms with van der Waals surface area (Å²) < 4.78 is 5.39. The predicted octanol–water partition coefficient (Wildman–Crippen LogP) is 3.11. The molecule has 0 saturated carbocycles.